The quantitative estimate of drug-likeness (QED) is 0.324. The highest BCUT2D eigenvalue weighted by molar-refractivity contribution is 8.45. The second-order valence-electron chi connectivity index (χ2n) is 7.13. The van der Waals surface area contributed by atoms with Crippen molar-refractivity contribution in [2.75, 3.05) is 6.61 Å². The summed E-state index contributed by atoms with van der Waals surface area (Å²) >= 11 is 0. The van der Waals surface area contributed by atoms with Crippen LogP contribution in [-0.2, 0) is 0 Å². The fourth-order valence-electron chi connectivity index (χ4n) is 3.38. The van der Waals surface area contributed by atoms with Crippen LogP contribution in [0.3, 0.4) is 0 Å². The van der Waals surface area contributed by atoms with E-state index in [1.807, 2.05) is 0 Å². The molecule has 2 rings (SSSR count). The first-order valence-electron chi connectivity index (χ1n) is 8.95. The highest BCUT2D eigenvalue weighted by Gasteiger charge is 2.65. The van der Waals surface area contributed by atoms with Gasteiger partial charge in [0.05, 0.1) is 6.61 Å². The molecule has 0 unspecified atom stereocenters. The van der Waals surface area contributed by atoms with E-state index in [9.17, 15) is 19.4 Å². The molecule has 0 heterocycles. The Labute approximate surface area is 146 Å². The maximum atomic E-state index is 12.7. The summed E-state index contributed by atoms with van der Waals surface area (Å²) in [5, 5.41) is 0. The number of hydrogen-bond acceptors (Lipinski definition) is 1. The largest absolute Gasteiger partial charge is 0.493 e. The smallest absolute Gasteiger partial charge is 0.310 e. The Kier molecular flexibility index (Phi) is 5.67. The summed E-state index contributed by atoms with van der Waals surface area (Å²) in [5.41, 5.74) is 0. The zero-order chi connectivity index (χ0) is 18.6. The summed E-state index contributed by atoms with van der Waals surface area (Å²) in [5.74, 6) is 1.37. The molecule has 0 N–H and O–H groups in total. The molecule has 1 aromatic rings. The van der Waals surface area contributed by atoms with Gasteiger partial charge in [0.25, 0.3) is 0 Å². The Morgan fingerprint density at radius 2 is 1.44 bits per heavy atom. The van der Waals surface area contributed by atoms with Crippen molar-refractivity contribution < 1.29 is 24.2 Å². The first-order valence-corrected chi connectivity index (χ1v) is 10.9. The lowest BCUT2D eigenvalue weighted by atomic mass is 9.80. The fraction of sp³-hybridized carbons (Fsp3) is 0.667. The van der Waals surface area contributed by atoms with E-state index in [2.05, 4.69) is 6.92 Å². The second-order valence-corrected chi connectivity index (χ2v) is 9.54. The number of rotatable bonds is 8. The number of halogens is 5. The molecule has 1 aliphatic rings. The van der Waals surface area contributed by atoms with Gasteiger partial charge >= 0.3 is 10.2 Å². The molecule has 0 saturated heterocycles. The molecule has 146 valence electrons. The zero-order valence-electron chi connectivity index (χ0n) is 14.5. The van der Waals surface area contributed by atoms with Gasteiger partial charge in [0.1, 0.15) is 10.6 Å². The molecule has 1 aliphatic carbocycles. The standard InChI is InChI=1S/C18H27F5OS/c1-2-3-4-5-15-6-8-16(9-7-15)14-24-17-10-12-18(13-11-17)25(19,20,21,22)23/h10-13,15-16H,2-9,14H2,1H3. The fourth-order valence-corrected chi connectivity index (χ4v) is 4.03. The van der Waals surface area contributed by atoms with Gasteiger partial charge < -0.3 is 4.74 Å². The van der Waals surface area contributed by atoms with Crippen molar-refractivity contribution >= 4 is 10.2 Å². The van der Waals surface area contributed by atoms with Crippen LogP contribution >= 0.6 is 10.2 Å². The lowest BCUT2D eigenvalue weighted by molar-refractivity contribution is 0.177. The van der Waals surface area contributed by atoms with Crippen molar-refractivity contribution in [1.29, 1.82) is 0 Å². The molecular weight excluding hydrogens is 359 g/mol. The molecule has 0 atom stereocenters. The predicted molar refractivity (Wildman–Crippen MR) is 92.9 cm³/mol. The molecule has 0 amide bonds. The molecule has 0 radical (unpaired) electrons. The Bertz CT molecular complexity index is 547. The average Bonchev–Trinajstić information content (AvgIpc) is 2.53. The number of ether oxygens (including phenoxy) is 1. The van der Waals surface area contributed by atoms with Gasteiger partial charge in [-0.25, -0.2) is 0 Å². The molecule has 0 aromatic heterocycles. The van der Waals surface area contributed by atoms with E-state index in [4.69, 9.17) is 4.74 Å². The van der Waals surface area contributed by atoms with E-state index in [0.717, 1.165) is 30.9 Å². The first-order chi connectivity index (χ1) is 11.5. The van der Waals surface area contributed by atoms with E-state index in [1.54, 1.807) is 0 Å². The summed E-state index contributed by atoms with van der Waals surface area (Å²) in [6.07, 6.45) is 9.50. The van der Waals surface area contributed by atoms with Crippen LogP contribution in [-0.4, -0.2) is 6.61 Å². The lowest BCUT2D eigenvalue weighted by Crippen LogP contribution is -2.20. The Hall–Kier alpha value is -0.980. The van der Waals surface area contributed by atoms with Crippen LogP contribution in [0.2, 0.25) is 0 Å². The van der Waals surface area contributed by atoms with E-state index in [-0.39, 0.29) is 5.75 Å². The van der Waals surface area contributed by atoms with Crippen molar-refractivity contribution in [2.45, 2.75) is 63.2 Å². The predicted octanol–water partition coefficient (Wildman–Crippen LogP) is 8.11. The van der Waals surface area contributed by atoms with Gasteiger partial charge in [-0.05, 0) is 48.9 Å². The molecular formula is C18H27F5OS. The third-order valence-electron chi connectivity index (χ3n) is 4.94. The minimum atomic E-state index is -9.59. The number of benzene rings is 1. The van der Waals surface area contributed by atoms with Crippen molar-refractivity contribution in [3.8, 4) is 5.75 Å². The molecule has 0 aliphatic heterocycles. The van der Waals surface area contributed by atoms with Gasteiger partial charge in [-0.2, -0.15) is 0 Å². The molecule has 1 nitrogen and oxygen atoms in total. The van der Waals surface area contributed by atoms with E-state index in [0.29, 0.717) is 24.7 Å². The van der Waals surface area contributed by atoms with Gasteiger partial charge in [-0.1, -0.05) is 64.9 Å². The maximum absolute atomic E-state index is 12.7. The summed E-state index contributed by atoms with van der Waals surface area (Å²) in [7, 11) is -9.59. The number of hydrogen-bond donors (Lipinski definition) is 0. The Morgan fingerprint density at radius 1 is 0.880 bits per heavy atom. The van der Waals surface area contributed by atoms with Crippen LogP contribution < -0.4 is 4.74 Å². The molecule has 0 spiro atoms. The third-order valence-corrected chi connectivity index (χ3v) is 6.10. The SMILES string of the molecule is CCCCCC1CCC(COc2ccc(S(F)(F)(F)(F)F)cc2)CC1. The van der Waals surface area contributed by atoms with Gasteiger partial charge in [0.2, 0.25) is 0 Å². The Morgan fingerprint density at radius 3 is 1.96 bits per heavy atom. The molecule has 1 fully saturated rings. The first kappa shape index (κ1) is 20.3. The second kappa shape index (κ2) is 6.97. The van der Waals surface area contributed by atoms with Crippen LogP contribution in [0.4, 0.5) is 19.4 Å². The lowest BCUT2D eigenvalue weighted by Gasteiger charge is -2.40. The van der Waals surface area contributed by atoms with Gasteiger partial charge in [0.15, 0.2) is 0 Å². The number of unbranched alkanes of at least 4 members (excludes halogenated alkanes) is 2. The van der Waals surface area contributed by atoms with Crippen molar-refractivity contribution in [1.82, 2.24) is 0 Å². The normalized spacial score (nSPS) is 24.4. The highest BCUT2D eigenvalue weighted by Crippen LogP contribution is 3.02. The van der Waals surface area contributed by atoms with E-state index in [1.165, 1.54) is 38.5 Å². The average molecular weight is 386 g/mol. The minimum Gasteiger partial charge on any atom is -0.493 e. The molecule has 1 aromatic carbocycles. The van der Waals surface area contributed by atoms with Crippen LogP contribution in [0.1, 0.15) is 58.3 Å². The van der Waals surface area contributed by atoms with Gasteiger partial charge in [-0.3, -0.25) is 0 Å². The van der Waals surface area contributed by atoms with Crippen LogP contribution in [0.25, 0.3) is 0 Å². The maximum Gasteiger partial charge on any atom is 0.310 e. The monoisotopic (exact) mass is 386 g/mol. The molecule has 1 saturated carbocycles. The summed E-state index contributed by atoms with van der Waals surface area (Å²) in [4.78, 5) is -1.88. The van der Waals surface area contributed by atoms with Gasteiger partial charge in [0, 0.05) is 0 Å². The van der Waals surface area contributed by atoms with Crippen molar-refractivity contribution in [3.05, 3.63) is 24.3 Å². The summed E-state index contributed by atoms with van der Waals surface area (Å²) < 4.78 is 68.8. The molecule has 25 heavy (non-hydrogen) atoms. The Balaban J connectivity index is 1.78. The van der Waals surface area contributed by atoms with Gasteiger partial charge in [-0.15, -0.1) is 0 Å². The summed E-state index contributed by atoms with van der Waals surface area (Å²) in [6, 6.07) is 2.76. The highest BCUT2D eigenvalue weighted by atomic mass is 32.5. The van der Waals surface area contributed by atoms with E-state index >= 15 is 0 Å². The minimum absolute atomic E-state index is 0.204. The van der Waals surface area contributed by atoms with E-state index < -0.39 is 15.1 Å². The zero-order valence-corrected chi connectivity index (χ0v) is 15.4. The van der Waals surface area contributed by atoms with Crippen molar-refractivity contribution in [3.63, 3.8) is 0 Å². The summed E-state index contributed by atoms with van der Waals surface area (Å²) in [6.45, 7) is 2.62. The third kappa shape index (κ3) is 6.68. The van der Waals surface area contributed by atoms with Crippen LogP contribution in [0.5, 0.6) is 5.75 Å². The van der Waals surface area contributed by atoms with Crippen molar-refractivity contribution in [2.24, 2.45) is 11.8 Å². The van der Waals surface area contributed by atoms with Crippen LogP contribution in [0, 0.1) is 11.8 Å². The van der Waals surface area contributed by atoms with Crippen LogP contribution in [0.15, 0.2) is 29.2 Å². The molecule has 0 bridgehead atoms. The molecule has 7 heteroatoms. The topological polar surface area (TPSA) is 9.23 Å².